The summed E-state index contributed by atoms with van der Waals surface area (Å²) in [6.45, 7) is 6.49. The van der Waals surface area contributed by atoms with Crippen molar-refractivity contribution < 1.29 is 19.5 Å². The minimum atomic E-state index is -0.877. The van der Waals surface area contributed by atoms with E-state index in [1.807, 2.05) is 6.07 Å². The van der Waals surface area contributed by atoms with Crippen molar-refractivity contribution in [2.45, 2.75) is 114 Å². The minimum absolute atomic E-state index is 0.0491. The molecule has 76 heavy (non-hydrogen) atoms. The van der Waals surface area contributed by atoms with E-state index in [0.29, 0.717) is 22.4 Å². The van der Waals surface area contributed by atoms with Crippen LogP contribution in [0.3, 0.4) is 0 Å². The molecule has 2 amide bonds. The number of hydrogen-bond donors (Lipinski definition) is 4. The first-order valence-corrected chi connectivity index (χ1v) is 30.4. The number of aromatic carboxylic acids is 1. The van der Waals surface area contributed by atoms with Crippen LogP contribution in [0.4, 0.5) is 0 Å². The fourth-order valence-corrected chi connectivity index (χ4v) is 19.2. The Labute approximate surface area is 463 Å². The number of rotatable bonds is 12. The number of hydrogen-bond acceptors (Lipinski definition) is 18. The van der Waals surface area contributed by atoms with Crippen molar-refractivity contribution in [3.63, 3.8) is 0 Å². The summed E-state index contributed by atoms with van der Waals surface area (Å²) < 4.78 is 0. The minimum Gasteiger partial charge on any atom is -0.477 e. The number of carbonyl (C=O) groups is 3. The van der Waals surface area contributed by atoms with E-state index in [1.165, 1.54) is 63.5 Å². The predicted molar refractivity (Wildman–Crippen MR) is 298 cm³/mol. The van der Waals surface area contributed by atoms with Gasteiger partial charge >= 0.3 is 5.97 Å². The lowest BCUT2D eigenvalue weighted by atomic mass is 9.78. The maximum Gasteiger partial charge on any atom is 0.345 e. The molecule has 0 saturated carbocycles. The Hall–Kier alpha value is -6.18. The van der Waals surface area contributed by atoms with E-state index >= 15 is 0 Å². The molecule has 0 saturated heterocycles. The van der Waals surface area contributed by atoms with E-state index in [0.717, 1.165) is 97.2 Å². The van der Waals surface area contributed by atoms with E-state index < -0.39 is 22.2 Å². The number of tetrazole rings is 3. The third-order valence-electron chi connectivity index (χ3n) is 14.5. The van der Waals surface area contributed by atoms with Crippen molar-refractivity contribution in [1.29, 1.82) is 0 Å². The third kappa shape index (κ3) is 9.16. The molecule has 18 nitrogen and oxygen atoms in total. The smallest absolute Gasteiger partial charge is 0.345 e. The van der Waals surface area contributed by atoms with Crippen molar-refractivity contribution in [2.75, 3.05) is 28.2 Å². The van der Waals surface area contributed by atoms with Crippen LogP contribution >= 0.6 is 68.0 Å². The molecule has 9 aromatic rings. The van der Waals surface area contributed by atoms with Crippen molar-refractivity contribution >= 4 is 85.8 Å². The van der Waals surface area contributed by atoms with Gasteiger partial charge in [-0.2, -0.15) is 15.6 Å². The molecule has 4 N–H and O–H groups in total. The van der Waals surface area contributed by atoms with Crippen LogP contribution in [0.15, 0.2) is 52.5 Å². The summed E-state index contributed by atoms with van der Waals surface area (Å²) >= 11 is 9.76. The van der Waals surface area contributed by atoms with Crippen molar-refractivity contribution in [3.8, 4) is 0 Å². The highest BCUT2D eigenvalue weighted by Gasteiger charge is 2.49. The lowest BCUT2D eigenvalue weighted by Crippen LogP contribution is -2.30. The Morgan fingerprint density at radius 1 is 0.487 bits per heavy atom. The number of H-pyrrole nitrogens is 3. The SMILES string of the molecule is CCCC1(c2nn[nH]n2)c2sccc2CCc2cc(C(=O)N(C)C)sc21.CCCC1(c2nn[nH]n2)c2sccc2CCc2cc(C(=O)N(C)C)sc21.CCCC1(c2nn[nH]n2)c2sccc2CCc2cc(C(=O)O)sc21. The van der Waals surface area contributed by atoms with Crippen LogP contribution in [0, 0.1) is 0 Å². The Morgan fingerprint density at radius 2 is 0.789 bits per heavy atom. The zero-order valence-corrected chi connectivity index (χ0v) is 48.1. The number of thiophene rings is 6. The summed E-state index contributed by atoms with van der Waals surface area (Å²) in [7, 11) is 7.18. The summed E-state index contributed by atoms with van der Waals surface area (Å²) in [4.78, 5) is 49.2. The number of nitrogens with zero attached hydrogens (tertiary/aromatic N) is 11. The van der Waals surface area contributed by atoms with Gasteiger partial charge in [-0.25, -0.2) is 4.79 Å². The lowest BCUT2D eigenvalue weighted by Gasteiger charge is -2.29. The zero-order chi connectivity index (χ0) is 53.4. The first kappa shape index (κ1) is 53.2. The molecule has 0 aliphatic heterocycles. The maximum atomic E-state index is 12.6. The molecule has 12 rings (SSSR count). The molecule has 0 fully saturated rings. The number of aromatic nitrogens is 12. The topological polar surface area (TPSA) is 241 Å². The number of carboxylic acids is 1. The van der Waals surface area contributed by atoms with Crippen LogP contribution in [0.5, 0.6) is 0 Å². The van der Waals surface area contributed by atoms with Gasteiger partial charge in [0.15, 0.2) is 17.5 Å². The fraction of sp³-hybridized carbons (Fsp3) is 0.423. The molecule has 3 aliphatic rings. The fourth-order valence-electron chi connectivity index (χ4n) is 11.3. The molecule has 3 atom stereocenters. The van der Waals surface area contributed by atoms with E-state index in [9.17, 15) is 19.5 Å². The van der Waals surface area contributed by atoms with Gasteiger partial charge in [0.2, 0.25) is 0 Å². The average Bonchev–Trinajstić information content (AvgIpc) is 4.31. The molecular weight excluding hydrogens is 1080 g/mol. The van der Waals surface area contributed by atoms with E-state index in [-0.39, 0.29) is 11.8 Å². The summed E-state index contributed by atoms with van der Waals surface area (Å²) in [5.74, 6) is 1.27. The molecule has 0 spiro atoms. The van der Waals surface area contributed by atoms with Gasteiger partial charge in [0, 0.05) is 57.5 Å². The lowest BCUT2D eigenvalue weighted by molar-refractivity contribution is 0.0701. The molecule has 9 heterocycles. The van der Waals surface area contributed by atoms with E-state index in [4.69, 9.17) is 0 Å². The molecule has 9 aromatic heterocycles. The summed E-state index contributed by atoms with van der Waals surface area (Å²) in [6, 6.07) is 12.6. The summed E-state index contributed by atoms with van der Waals surface area (Å²) in [5, 5.41) is 61.5. The first-order chi connectivity index (χ1) is 36.8. The van der Waals surface area contributed by atoms with Crippen molar-refractivity contribution in [1.82, 2.24) is 71.7 Å². The number of fused-ring (bicyclic) bond motifs is 6. The number of amides is 2. The van der Waals surface area contributed by atoms with Crippen LogP contribution in [0.25, 0.3) is 0 Å². The molecule has 24 heteroatoms. The second-order valence-corrected chi connectivity index (χ2v) is 25.5. The number of carbonyl (C=O) groups excluding carboxylic acids is 2. The van der Waals surface area contributed by atoms with Crippen LogP contribution in [0.2, 0.25) is 0 Å². The highest BCUT2D eigenvalue weighted by atomic mass is 32.1. The Morgan fingerprint density at radius 3 is 1.07 bits per heavy atom. The van der Waals surface area contributed by atoms with Gasteiger partial charge in [-0.15, -0.1) is 98.6 Å². The van der Waals surface area contributed by atoms with Crippen molar-refractivity contribution in [2.24, 2.45) is 0 Å². The predicted octanol–water partition coefficient (Wildman–Crippen LogP) is 9.77. The number of aryl methyl sites for hydroxylation is 6. The normalized spacial score (nSPS) is 19.1. The van der Waals surface area contributed by atoms with Crippen LogP contribution < -0.4 is 0 Å². The molecule has 0 aromatic carbocycles. The highest BCUT2D eigenvalue weighted by molar-refractivity contribution is 7.16. The monoisotopic (exact) mass is 1130 g/mol. The quantitative estimate of drug-likeness (QED) is 0.0892. The number of carboxylic acid groups (broad SMARTS) is 1. The zero-order valence-electron chi connectivity index (χ0n) is 43.2. The molecule has 3 unspecified atom stereocenters. The van der Waals surface area contributed by atoms with E-state index in [2.05, 4.69) is 129 Å². The largest absolute Gasteiger partial charge is 0.477 e. The van der Waals surface area contributed by atoms with Crippen molar-refractivity contribution in [3.05, 3.63) is 147 Å². The Kier molecular flexibility index (Phi) is 15.4. The molecule has 0 radical (unpaired) electrons. The molecule has 3 aliphatic carbocycles. The molecule has 396 valence electrons. The summed E-state index contributed by atoms with van der Waals surface area (Å²) in [6.07, 6.45) is 11.1. The van der Waals surface area contributed by atoms with Gasteiger partial charge in [0.05, 0.1) is 9.75 Å². The first-order valence-electron chi connectivity index (χ1n) is 25.3. The number of nitrogens with one attached hydrogen (secondary N) is 3. The molecular formula is C52H58N14O4S6. The van der Waals surface area contributed by atoms with Gasteiger partial charge in [-0.3, -0.25) is 9.59 Å². The average molecular weight is 1140 g/mol. The summed E-state index contributed by atoms with van der Waals surface area (Å²) in [5.41, 5.74) is 6.24. The Bertz CT molecular complexity index is 3300. The van der Waals surface area contributed by atoms with Gasteiger partial charge in [-0.1, -0.05) is 55.7 Å². The highest BCUT2D eigenvalue weighted by Crippen LogP contribution is 2.54. The van der Waals surface area contributed by atoms with Gasteiger partial charge in [0.25, 0.3) is 11.8 Å². The second kappa shape index (κ2) is 22.0. The van der Waals surface area contributed by atoms with Gasteiger partial charge in [-0.05, 0) is 144 Å². The second-order valence-electron chi connectivity index (χ2n) is 19.6. The third-order valence-corrected chi connectivity index (χ3v) is 21.8. The van der Waals surface area contributed by atoms with Gasteiger partial charge in [0.1, 0.15) is 21.1 Å². The number of aromatic amines is 3. The van der Waals surface area contributed by atoms with Crippen LogP contribution in [-0.2, 0) is 54.8 Å². The van der Waals surface area contributed by atoms with Crippen LogP contribution in [0.1, 0.15) is 168 Å². The standard InChI is InChI=1S/2C18H21N5OS2.C16H16N4O2S2/c2*1-4-8-18(17-19-21-22-20-17)14-11(7-9-25-14)5-6-12-10-13(26-15(12)18)16(24)23(2)3;1-2-6-16(15-17-19-20-18-15)12-9(5-7-23-12)3-4-10-8-11(14(21)22)24-13(10)16/h2*7,9-10H,4-6,8H2,1-3H3,(H,19,20,21,22);5,7-8H,2-4,6H2,1H3,(H,21,22)(H,17,18,19,20). The molecule has 0 bridgehead atoms. The Balaban J connectivity index is 0.000000130. The van der Waals surface area contributed by atoms with Crippen LogP contribution in [-0.4, -0.2) is 123 Å². The van der Waals surface area contributed by atoms with Gasteiger partial charge < -0.3 is 14.9 Å². The van der Waals surface area contributed by atoms with E-state index in [1.54, 1.807) is 94.7 Å². The maximum absolute atomic E-state index is 12.6.